The molecular formula is C46H90N2O2. The standard InChI is InChI=1S/C46H90N2O2/c1-3-5-7-9-11-13-15-17-19-21-23-25-27-29-31-35-42-49-44-46(47-38-37-41-48-39-33-34-40-48)45-50-43-36-32-30-28-26-24-22-20-18-16-14-12-10-8-6-4-2/h17-20,46-47H,3-16,21-45H2,1-2H3. The Morgan fingerprint density at radius 1 is 0.460 bits per heavy atom. The van der Waals surface area contributed by atoms with E-state index in [0.717, 1.165) is 33.0 Å². The van der Waals surface area contributed by atoms with Crippen molar-refractivity contribution in [2.24, 2.45) is 0 Å². The second kappa shape index (κ2) is 41.1. The Hall–Kier alpha value is -0.680. The Balaban J connectivity index is 2.00. The van der Waals surface area contributed by atoms with E-state index in [9.17, 15) is 0 Å². The SMILES string of the molecule is CCCCCCCCC=CCCCCCCCCOCC(COCCCCCCCCC=CCCCCCCCC)NCCCN1CCCC1. The largest absolute Gasteiger partial charge is 0.380 e. The van der Waals surface area contributed by atoms with Gasteiger partial charge in [-0.2, -0.15) is 0 Å². The lowest BCUT2D eigenvalue weighted by molar-refractivity contribution is 0.0526. The van der Waals surface area contributed by atoms with Crippen molar-refractivity contribution in [2.45, 2.75) is 219 Å². The van der Waals surface area contributed by atoms with E-state index in [-0.39, 0.29) is 0 Å². The molecule has 1 aliphatic heterocycles. The molecule has 1 saturated heterocycles. The van der Waals surface area contributed by atoms with E-state index >= 15 is 0 Å². The van der Waals surface area contributed by atoms with Crippen LogP contribution >= 0.6 is 0 Å². The van der Waals surface area contributed by atoms with Gasteiger partial charge in [0.25, 0.3) is 0 Å². The van der Waals surface area contributed by atoms with Gasteiger partial charge in [0.2, 0.25) is 0 Å². The maximum atomic E-state index is 6.17. The van der Waals surface area contributed by atoms with Crippen molar-refractivity contribution < 1.29 is 9.47 Å². The average Bonchev–Trinajstić information content (AvgIpc) is 3.65. The summed E-state index contributed by atoms with van der Waals surface area (Å²) in [6.45, 7) is 12.8. The van der Waals surface area contributed by atoms with Gasteiger partial charge in [-0.3, -0.25) is 0 Å². The molecule has 0 amide bonds. The van der Waals surface area contributed by atoms with Crippen molar-refractivity contribution in [3.05, 3.63) is 24.3 Å². The Morgan fingerprint density at radius 3 is 1.22 bits per heavy atom. The van der Waals surface area contributed by atoms with E-state index in [1.165, 1.54) is 219 Å². The van der Waals surface area contributed by atoms with Gasteiger partial charge >= 0.3 is 0 Å². The highest BCUT2D eigenvalue weighted by Gasteiger charge is 2.12. The first-order chi connectivity index (χ1) is 24.9. The molecule has 296 valence electrons. The summed E-state index contributed by atoms with van der Waals surface area (Å²) in [6.07, 6.45) is 51.5. The highest BCUT2D eigenvalue weighted by molar-refractivity contribution is 4.82. The molecule has 1 aliphatic rings. The first kappa shape index (κ1) is 47.3. The molecule has 4 heteroatoms. The molecule has 50 heavy (non-hydrogen) atoms. The maximum absolute atomic E-state index is 6.17. The van der Waals surface area contributed by atoms with Gasteiger partial charge in [-0.25, -0.2) is 0 Å². The molecule has 0 saturated carbocycles. The fourth-order valence-electron chi connectivity index (χ4n) is 7.14. The van der Waals surface area contributed by atoms with Crippen molar-refractivity contribution >= 4 is 0 Å². The van der Waals surface area contributed by atoms with Crippen molar-refractivity contribution in [1.82, 2.24) is 10.2 Å². The molecule has 1 fully saturated rings. The van der Waals surface area contributed by atoms with E-state index in [4.69, 9.17) is 9.47 Å². The Bertz CT molecular complexity index is 644. The van der Waals surface area contributed by atoms with Crippen molar-refractivity contribution in [3.63, 3.8) is 0 Å². The number of allylic oxidation sites excluding steroid dienone is 4. The summed E-state index contributed by atoms with van der Waals surface area (Å²) >= 11 is 0. The van der Waals surface area contributed by atoms with Crippen LogP contribution in [0.2, 0.25) is 0 Å². The number of nitrogens with one attached hydrogen (secondary N) is 1. The lowest BCUT2D eigenvalue weighted by Gasteiger charge is -2.20. The average molecular weight is 703 g/mol. The highest BCUT2D eigenvalue weighted by atomic mass is 16.5. The van der Waals surface area contributed by atoms with Crippen molar-refractivity contribution in [1.29, 1.82) is 0 Å². The summed E-state index contributed by atoms with van der Waals surface area (Å²) in [5, 5.41) is 3.77. The monoisotopic (exact) mass is 703 g/mol. The number of hydrogen-bond acceptors (Lipinski definition) is 4. The number of nitrogens with zero attached hydrogens (tertiary/aromatic N) is 1. The topological polar surface area (TPSA) is 33.7 Å². The predicted octanol–water partition coefficient (Wildman–Crippen LogP) is 13.5. The van der Waals surface area contributed by atoms with Crippen LogP contribution in [-0.4, -0.2) is 63.5 Å². The zero-order valence-electron chi connectivity index (χ0n) is 34.2. The van der Waals surface area contributed by atoms with Crippen LogP contribution in [0.15, 0.2) is 24.3 Å². The Morgan fingerprint density at radius 2 is 0.820 bits per heavy atom. The molecule has 0 aromatic heterocycles. The second-order valence-corrected chi connectivity index (χ2v) is 15.6. The lowest BCUT2D eigenvalue weighted by atomic mass is 10.1. The molecular weight excluding hydrogens is 613 g/mol. The van der Waals surface area contributed by atoms with E-state index in [1.807, 2.05) is 0 Å². The van der Waals surface area contributed by atoms with E-state index in [2.05, 4.69) is 48.4 Å². The minimum Gasteiger partial charge on any atom is -0.380 e. The zero-order chi connectivity index (χ0) is 35.7. The normalized spacial score (nSPS) is 14.6. The van der Waals surface area contributed by atoms with Crippen LogP contribution in [-0.2, 0) is 9.47 Å². The minimum absolute atomic E-state index is 0.316. The van der Waals surface area contributed by atoms with Gasteiger partial charge in [0.1, 0.15) is 0 Å². The summed E-state index contributed by atoms with van der Waals surface area (Å²) < 4.78 is 12.3. The van der Waals surface area contributed by atoms with Gasteiger partial charge in [0.15, 0.2) is 0 Å². The molecule has 0 spiro atoms. The Kier molecular flexibility index (Phi) is 38.9. The predicted molar refractivity (Wildman–Crippen MR) is 223 cm³/mol. The zero-order valence-corrected chi connectivity index (χ0v) is 34.2. The fraction of sp³-hybridized carbons (Fsp3) is 0.913. The number of rotatable bonds is 41. The molecule has 0 radical (unpaired) electrons. The summed E-state index contributed by atoms with van der Waals surface area (Å²) in [7, 11) is 0. The third kappa shape index (κ3) is 35.7. The van der Waals surface area contributed by atoms with E-state index < -0.39 is 0 Å². The lowest BCUT2D eigenvalue weighted by Crippen LogP contribution is -2.39. The molecule has 4 nitrogen and oxygen atoms in total. The van der Waals surface area contributed by atoms with Crippen LogP contribution in [0.5, 0.6) is 0 Å². The summed E-state index contributed by atoms with van der Waals surface area (Å²) in [5.74, 6) is 0. The summed E-state index contributed by atoms with van der Waals surface area (Å²) in [6, 6.07) is 0.316. The van der Waals surface area contributed by atoms with E-state index in [1.54, 1.807) is 0 Å². The Labute approximate surface area is 314 Å². The van der Waals surface area contributed by atoms with Gasteiger partial charge in [-0.1, -0.05) is 154 Å². The van der Waals surface area contributed by atoms with Gasteiger partial charge in [0.05, 0.1) is 19.3 Å². The third-order valence-corrected chi connectivity index (χ3v) is 10.5. The molecule has 0 aliphatic carbocycles. The molecule has 1 heterocycles. The first-order valence-corrected chi connectivity index (χ1v) is 22.8. The minimum atomic E-state index is 0.316. The summed E-state index contributed by atoms with van der Waals surface area (Å²) in [4.78, 5) is 2.62. The second-order valence-electron chi connectivity index (χ2n) is 15.6. The van der Waals surface area contributed by atoms with Gasteiger partial charge in [-0.05, 0) is 110 Å². The maximum Gasteiger partial charge on any atom is 0.0642 e. The van der Waals surface area contributed by atoms with E-state index in [0.29, 0.717) is 6.04 Å². The summed E-state index contributed by atoms with van der Waals surface area (Å²) in [5.41, 5.74) is 0. The highest BCUT2D eigenvalue weighted by Crippen LogP contribution is 2.12. The number of likely N-dealkylation sites (tertiary alicyclic amines) is 1. The molecule has 0 unspecified atom stereocenters. The first-order valence-electron chi connectivity index (χ1n) is 22.8. The molecule has 0 aromatic carbocycles. The van der Waals surface area contributed by atoms with Gasteiger partial charge in [0, 0.05) is 13.2 Å². The van der Waals surface area contributed by atoms with Crippen LogP contribution in [0.3, 0.4) is 0 Å². The number of unbranched alkanes of at least 4 members (excludes halogenated alkanes) is 24. The molecule has 0 bridgehead atoms. The quantitative estimate of drug-likeness (QED) is 0.0508. The van der Waals surface area contributed by atoms with Crippen LogP contribution < -0.4 is 5.32 Å². The third-order valence-electron chi connectivity index (χ3n) is 10.5. The van der Waals surface area contributed by atoms with Gasteiger partial charge < -0.3 is 19.7 Å². The molecule has 1 N–H and O–H groups in total. The smallest absolute Gasteiger partial charge is 0.0642 e. The molecule has 0 atom stereocenters. The fourth-order valence-corrected chi connectivity index (χ4v) is 7.14. The van der Waals surface area contributed by atoms with Crippen molar-refractivity contribution in [3.8, 4) is 0 Å². The van der Waals surface area contributed by atoms with Crippen molar-refractivity contribution in [2.75, 3.05) is 52.6 Å². The van der Waals surface area contributed by atoms with Crippen LogP contribution in [0.25, 0.3) is 0 Å². The number of ether oxygens (including phenoxy) is 2. The van der Waals surface area contributed by atoms with Crippen LogP contribution in [0.4, 0.5) is 0 Å². The van der Waals surface area contributed by atoms with Crippen LogP contribution in [0.1, 0.15) is 213 Å². The van der Waals surface area contributed by atoms with Gasteiger partial charge in [-0.15, -0.1) is 0 Å². The number of hydrogen-bond donors (Lipinski definition) is 1. The molecule has 0 aromatic rings. The molecule has 1 rings (SSSR count). The van der Waals surface area contributed by atoms with Crippen LogP contribution in [0, 0.1) is 0 Å².